The maximum absolute atomic E-state index is 5.69. The van der Waals surface area contributed by atoms with Crippen molar-refractivity contribution in [3.63, 3.8) is 0 Å². The first-order valence-corrected chi connectivity index (χ1v) is 8.76. The van der Waals surface area contributed by atoms with Crippen LogP contribution in [0.15, 0.2) is 9.41 Å². The van der Waals surface area contributed by atoms with Crippen LogP contribution in [0, 0.1) is 19.8 Å². The number of guanidine groups is 1. The maximum Gasteiger partial charge on any atom is 0.208 e. The van der Waals surface area contributed by atoms with Crippen LogP contribution in [0.5, 0.6) is 0 Å². The van der Waals surface area contributed by atoms with Gasteiger partial charge in [0.15, 0.2) is 5.96 Å². The molecule has 1 saturated carbocycles. The van der Waals surface area contributed by atoms with E-state index in [4.69, 9.17) is 4.42 Å². The van der Waals surface area contributed by atoms with Gasteiger partial charge in [0.25, 0.3) is 0 Å². The van der Waals surface area contributed by atoms with Gasteiger partial charge in [-0.2, -0.15) is 0 Å². The number of aromatic nitrogens is 1. The first kappa shape index (κ1) is 16.3. The number of hydrogen-bond donors (Lipinski definition) is 2. The lowest BCUT2D eigenvalue weighted by Gasteiger charge is -2.31. The second-order valence-electron chi connectivity index (χ2n) is 6.84. The van der Waals surface area contributed by atoms with E-state index in [1.165, 1.54) is 25.7 Å². The topological polar surface area (TPSA) is 65.7 Å². The van der Waals surface area contributed by atoms with Crippen LogP contribution < -0.4 is 10.6 Å². The van der Waals surface area contributed by atoms with Crippen LogP contribution in [0.25, 0.3) is 0 Å². The quantitative estimate of drug-likeness (QED) is 0.640. The first-order valence-electron chi connectivity index (χ1n) is 8.76. The minimum atomic E-state index is 0.649. The molecule has 1 aromatic heterocycles. The molecule has 0 spiro atoms. The lowest BCUT2D eigenvalue weighted by molar-refractivity contribution is 0.164. The van der Waals surface area contributed by atoms with Gasteiger partial charge in [0.2, 0.25) is 5.89 Å². The summed E-state index contributed by atoms with van der Waals surface area (Å²) in [5.74, 6) is 3.47. The van der Waals surface area contributed by atoms with E-state index in [9.17, 15) is 0 Å². The summed E-state index contributed by atoms with van der Waals surface area (Å²) >= 11 is 0. The van der Waals surface area contributed by atoms with Crippen LogP contribution >= 0.6 is 0 Å². The monoisotopic (exact) mass is 319 g/mol. The van der Waals surface area contributed by atoms with Crippen molar-refractivity contribution in [2.45, 2.75) is 52.1 Å². The molecule has 6 nitrogen and oxygen atoms in total. The molecule has 1 aromatic rings. The van der Waals surface area contributed by atoms with Gasteiger partial charge < -0.3 is 15.1 Å². The highest BCUT2D eigenvalue weighted by Crippen LogP contribution is 2.20. The van der Waals surface area contributed by atoms with E-state index in [2.05, 4.69) is 25.5 Å². The number of aryl methyl sites for hydroxylation is 2. The molecule has 0 unspecified atom stereocenters. The number of oxazole rings is 1. The van der Waals surface area contributed by atoms with Crippen molar-refractivity contribution in [1.29, 1.82) is 0 Å². The van der Waals surface area contributed by atoms with Gasteiger partial charge in [-0.15, -0.1) is 0 Å². The minimum Gasteiger partial charge on any atom is -0.444 e. The molecular weight excluding hydrogens is 290 g/mol. The number of rotatable bonds is 5. The lowest BCUT2D eigenvalue weighted by Crippen LogP contribution is -2.43. The van der Waals surface area contributed by atoms with E-state index in [0.717, 1.165) is 55.4 Å². The molecule has 1 aliphatic carbocycles. The van der Waals surface area contributed by atoms with Crippen LogP contribution in [0.1, 0.15) is 43.0 Å². The fourth-order valence-electron chi connectivity index (χ4n) is 3.00. The zero-order valence-electron chi connectivity index (χ0n) is 14.6. The highest BCUT2D eigenvalue weighted by atomic mass is 16.4. The van der Waals surface area contributed by atoms with Gasteiger partial charge in [0.05, 0.1) is 12.2 Å². The lowest BCUT2D eigenvalue weighted by atomic mass is 9.97. The standard InChI is InChI=1S/C17H29N5O/c1-12-13(2)23-16(20-12)11-22-8-6-14(7-9-22)10-19-17(18-3)21-15-4-5-15/h14-15H,4-11H2,1-3H3,(H2,18,19,21). The number of likely N-dealkylation sites (tertiary alicyclic amines) is 1. The molecule has 0 radical (unpaired) electrons. The summed E-state index contributed by atoms with van der Waals surface area (Å²) in [6.45, 7) is 8.05. The number of nitrogens with one attached hydrogen (secondary N) is 2. The average molecular weight is 319 g/mol. The number of aliphatic imine (C=N–C) groups is 1. The van der Waals surface area contributed by atoms with Gasteiger partial charge in [-0.3, -0.25) is 9.89 Å². The summed E-state index contributed by atoms with van der Waals surface area (Å²) in [5, 5.41) is 6.91. The summed E-state index contributed by atoms with van der Waals surface area (Å²) in [5.41, 5.74) is 1.01. The van der Waals surface area contributed by atoms with Gasteiger partial charge in [0, 0.05) is 19.6 Å². The van der Waals surface area contributed by atoms with Crippen LogP contribution in [-0.2, 0) is 6.54 Å². The highest BCUT2D eigenvalue weighted by molar-refractivity contribution is 5.80. The Morgan fingerprint density at radius 3 is 2.57 bits per heavy atom. The Bertz CT molecular complexity index is 522. The molecule has 0 atom stereocenters. The number of piperidine rings is 1. The van der Waals surface area contributed by atoms with Crippen molar-refractivity contribution in [3.8, 4) is 0 Å². The Labute approximate surface area is 138 Å². The largest absolute Gasteiger partial charge is 0.444 e. The Morgan fingerprint density at radius 2 is 2.00 bits per heavy atom. The Morgan fingerprint density at radius 1 is 1.26 bits per heavy atom. The summed E-state index contributed by atoms with van der Waals surface area (Å²) in [7, 11) is 1.85. The first-order chi connectivity index (χ1) is 11.1. The van der Waals surface area contributed by atoms with E-state index < -0.39 is 0 Å². The fraction of sp³-hybridized carbons (Fsp3) is 0.765. The fourth-order valence-corrected chi connectivity index (χ4v) is 3.00. The second kappa shape index (κ2) is 7.34. The zero-order chi connectivity index (χ0) is 16.2. The molecule has 0 amide bonds. The SMILES string of the molecule is CN=C(NCC1CCN(Cc2nc(C)c(C)o2)CC1)NC1CC1. The molecule has 128 valence electrons. The summed E-state index contributed by atoms with van der Waals surface area (Å²) in [6, 6.07) is 0.649. The van der Waals surface area contributed by atoms with Crippen molar-refractivity contribution in [3.05, 3.63) is 17.3 Å². The summed E-state index contributed by atoms with van der Waals surface area (Å²) in [6.07, 6.45) is 4.98. The Hall–Kier alpha value is -1.56. The molecule has 1 saturated heterocycles. The predicted molar refractivity (Wildman–Crippen MR) is 91.5 cm³/mol. The molecule has 2 aliphatic rings. The summed E-state index contributed by atoms with van der Waals surface area (Å²) in [4.78, 5) is 11.2. The molecule has 2 N–H and O–H groups in total. The Kier molecular flexibility index (Phi) is 5.20. The van der Waals surface area contributed by atoms with Crippen LogP contribution in [-0.4, -0.2) is 48.6 Å². The molecule has 2 heterocycles. The molecule has 1 aliphatic heterocycles. The van der Waals surface area contributed by atoms with Gasteiger partial charge in [-0.25, -0.2) is 4.98 Å². The van der Waals surface area contributed by atoms with Crippen molar-refractivity contribution < 1.29 is 4.42 Å². The molecule has 6 heteroatoms. The molecular formula is C17H29N5O. The minimum absolute atomic E-state index is 0.649. The molecule has 0 bridgehead atoms. The third-order valence-corrected chi connectivity index (χ3v) is 4.84. The summed E-state index contributed by atoms with van der Waals surface area (Å²) < 4.78 is 5.69. The van der Waals surface area contributed by atoms with E-state index in [1.54, 1.807) is 0 Å². The van der Waals surface area contributed by atoms with Crippen molar-refractivity contribution in [1.82, 2.24) is 20.5 Å². The third-order valence-electron chi connectivity index (χ3n) is 4.84. The van der Waals surface area contributed by atoms with Crippen LogP contribution in [0.3, 0.4) is 0 Å². The second-order valence-corrected chi connectivity index (χ2v) is 6.84. The molecule has 0 aromatic carbocycles. The molecule has 23 heavy (non-hydrogen) atoms. The Balaban J connectivity index is 1.37. The average Bonchev–Trinajstić information content (AvgIpc) is 3.31. The van der Waals surface area contributed by atoms with E-state index >= 15 is 0 Å². The van der Waals surface area contributed by atoms with Crippen molar-refractivity contribution in [2.75, 3.05) is 26.7 Å². The van der Waals surface area contributed by atoms with Crippen LogP contribution in [0.2, 0.25) is 0 Å². The molecule has 2 fully saturated rings. The number of hydrogen-bond acceptors (Lipinski definition) is 4. The van der Waals surface area contributed by atoms with Gasteiger partial charge in [0.1, 0.15) is 5.76 Å². The van der Waals surface area contributed by atoms with E-state index in [-0.39, 0.29) is 0 Å². The normalized spacial score (nSPS) is 20.7. The van der Waals surface area contributed by atoms with Gasteiger partial charge in [-0.1, -0.05) is 0 Å². The van der Waals surface area contributed by atoms with Crippen molar-refractivity contribution >= 4 is 5.96 Å². The predicted octanol–water partition coefficient (Wildman–Crippen LogP) is 1.83. The van der Waals surface area contributed by atoms with E-state index in [0.29, 0.717) is 6.04 Å². The highest BCUT2D eigenvalue weighted by Gasteiger charge is 2.24. The molecule has 3 rings (SSSR count). The van der Waals surface area contributed by atoms with Crippen LogP contribution in [0.4, 0.5) is 0 Å². The smallest absolute Gasteiger partial charge is 0.208 e. The van der Waals surface area contributed by atoms with Crippen molar-refractivity contribution in [2.24, 2.45) is 10.9 Å². The van der Waals surface area contributed by atoms with Gasteiger partial charge >= 0.3 is 0 Å². The zero-order valence-corrected chi connectivity index (χ0v) is 14.6. The van der Waals surface area contributed by atoms with Gasteiger partial charge in [-0.05, 0) is 58.5 Å². The third kappa shape index (κ3) is 4.70. The number of nitrogens with zero attached hydrogens (tertiary/aromatic N) is 3. The van der Waals surface area contributed by atoms with E-state index in [1.807, 2.05) is 20.9 Å². The maximum atomic E-state index is 5.69.